The molecule has 0 unspecified atom stereocenters. The van der Waals surface area contributed by atoms with E-state index in [1.54, 1.807) is 12.1 Å². The molecule has 0 N–H and O–H groups in total. The lowest BCUT2D eigenvalue weighted by Crippen LogP contribution is -2.15. The summed E-state index contributed by atoms with van der Waals surface area (Å²) in [4.78, 5) is 23.2. The van der Waals surface area contributed by atoms with Gasteiger partial charge in [0.25, 0.3) is 0 Å². The molecule has 0 amide bonds. The van der Waals surface area contributed by atoms with E-state index in [0.717, 1.165) is 10.0 Å². The predicted molar refractivity (Wildman–Crippen MR) is 83.9 cm³/mol. The van der Waals surface area contributed by atoms with Crippen molar-refractivity contribution >= 4 is 33.9 Å². The van der Waals surface area contributed by atoms with Gasteiger partial charge in [-0.05, 0) is 24.3 Å². The van der Waals surface area contributed by atoms with Crippen LogP contribution in [-0.4, -0.2) is 26.2 Å². The van der Waals surface area contributed by atoms with E-state index in [0.29, 0.717) is 11.5 Å². The van der Waals surface area contributed by atoms with E-state index in [1.807, 2.05) is 24.3 Å². The third-order valence-corrected chi connectivity index (χ3v) is 3.33. The van der Waals surface area contributed by atoms with Crippen LogP contribution in [0.1, 0.15) is 5.76 Å². The molecule has 0 aliphatic carbocycles. The summed E-state index contributed by atoms with van der Waals surface area (Å²) in [6.07, 6.45) is 1.29. The quantitative estimate of drug-likeness (QED) is 0.359. The number of ether oxygens (including phenoxy) is 2. The highest BCUT2D eigenvalue weighted by molar-refractivity contribution is 9.10. The summed E-state index contributed by atoms with van der Waals surface area (Å²) in [5.74, 6) is -0.609. The Morgan fingerprint density at radius 1 is 1.09 bits per heavy atom. The Morgan fingerprint density at radius 3 is 2.36 bits per heavy atom. The van der Waals surface area contributed by atoms with E-state index >= 15 is 0 Å². The molecule has 2 rings (SSSR count). The van der Waals surface area contributed by atoms with Crippen molar-refractivity contribution < 1.29 is 23.5 Å². The molecule has 114 valence electrons. The molecule has 22 heavy (non-hydrogen) atoms. The summed E-state index contributed by atoms with van der Waals surface area (Å²) in [5.41, 5.74) is 0.631. The Kier molecular flexibility index (Phi) is 5.16. The third kappa shape index (κ3) is 3.65. The number of halogens is 1. The Morgan fingerprint density at radius 2 is 1.77 bits per heavy atom. The van der Waals surface area contributed by atoms with Crippen LogP contribution in [0.3, 0.4) is 0 Å². The first-order valence-corrected chi connectivity index (χ1v) is 7.08. The van der Waals surface area contributed by atoms with Crippen LogP contribution in [-0.2, 0) is 19.1 Å². The number of benzene rings is 1. The van der Waals surface area contributed by atoms with E-state index in [4.69, 9.17) is 4.42 Å². The lowest BCUT2D eigenvalue weighted by Gasteiger charge is -2.02. The first kappa shape index (κ1) is 16.0. The standard InChI is InChI=1S/C16H13BrO5/c1-20-15(18)13(16(19)21-2)9-12-6-7-14(22-12)10-4-3-5-11(17)8-10/h3-9H,1-2H3. The SMILES string of the molecule is COC(=O)C(=Cc1ccc(-c2cccc(Br)c2)o1)C(=O)OC. The van der Waals surface area contributed by atoms with Gasteiger partial charge in [-0.1, -0.05) is 28.1 Å². The highest BCUT2D eigenvalue weighted by Crippen LogP contribution is 2.26. The normalized spacial score (nSPS) is 9.95. The molecular formula is C16H13BrO5. The van der Waals surface area contributed by atoms with Crippen molar-refractivity contribution in [1.29, 1.82) is 0 Å². The fourth-order valence-corrected chi connectivity index (χ4v) is 2.19. The lowest BCUT2D eigenvalue weighted by molar-refractivity contribution is -0.143. The molecule has 0 aliphatic rings. The number of hydrogen-bond donors (Lipinski definition) is 0. The zero-order valence-electron chi connectivity index (χ0n) is 12.0. The molecule has 0 saturated heterocycles. The molecule has 0 saturated carbocycles. The minimum absolute atomic E-state index is 0.236. The minimum Gasteiger partial charge on any atom is -0.465 e. The Bertz CT molecular complexity index is 712. The van der Waals surface area contributed by atoms with Gasteiger partial charge in [-0.3, -0.25) is 0 Å². The maximum absolute atomic E-state index is 11.6. The van der Waals surface area contributed by atoms with Gasteiger partial charge in [0.1, 0.15) is 17.1 Å². The van der Waals surface area contributed by atoms with E-state index in [2.05, 4.69) is 25.4 Å². The third-order valence-electron chi connectivity index (χ3n) is 2.83. The van der Waals surface area contributed by atoms with Gasteiger partial charge in [-0.25, -0.2) is 9.59 Å². The Balaban J connectivity index is 2.35. The van der Waals surface area contributed by atoms with Gasteiger partial charge >= 0.3 is 11.9 Å². The molecule has 1 aromatic heterocycles. The van der Waals surface area contributed by atoms with E-state index < -0.39 is 11.9 Å². The Labute approximate surface area is 135 Å². The van der Waals surface area contributed by atoms with Crippen LogP contribution in [0.2, 0.25) is 0 Å². The van der Waals surface area contributed by atoms with Crippen molar-refractivity contribution in [3.63, 3.8) is 0 Å². The topological polar surface area (TPSA) is 65.7 Å². The number of methoxy groups -OCH3 is 2. The molecule has 6 heteroatoms. The molecule has 0 bridgehead atoms. The average molecular weight is 365 g/mol. The van der Waals surface area contributed by atoms with Gasteiger partial charge in [-0.2, -0.15) is 0 Å². The number of carbonyl (C=O) groups excluding carboxylic acids is 2. The second-order valence-corrected chi connectivity index (χ2v) is 5.17. The van der Waals surface area contributed by atoms with Crippen molar-refractivity contribution in [2.75, 3.05) is 14.2 Å². The molecule has 0 spiro atoms. The van der Waals surface area contributed by atoms with Gasteiger partial charge in [0, 0.05) is 16.1 Å². The largest absolute Gasteiger partial charge is 0.465 e. The summed E-state index contributed by atoms with van der Waals surface area (Å²) in [7, 11) is 2.38. The predicted octanol–water partition coefficient (Wildman–Crippen LogP) is 3.44. The monoisotopic (exact) mass is 364 g/mol. The van der Waals surface area contributed by atoms with Crippen molar-refractivity contribution in [2.45, 2.75) is 0 Å². The number of furan rings is 1. The van der Waals surface area contributed by atoms with Gasteiger partial charge in [0.15, 0.2) is 0 Å². The summed E-state index contributed by atoms with van der Waals surface area (Å²) in [5, 5.41) is 0. The number of esters is 2. The van der Waals surface area contributed by atoms with Crippen molar-refractivity contribution in [3.05, 3.63) is 52.2 Å². The van der Waals surface area contributed by atoms with E-state index in [9.17, 15) is 9.59 Å². The Hall–Kier alpha value is -2.34. The van der Waals surface area contributed by atoms with Crippen LogP contribution in [0.15, 0.2) is 50.9 Å². The fourth-order valence-electron chi connectivity index (χ4n) is 1.79. The van der Waals surface area contributed by atoms with Crippen LogP contribution >= 0.6 is 15.9 Å². The van der Waals surface area contributed by atoms with Gasteiger partial charge in [0.2, 0.25) is 0 Å². The second kappa shape index (κ2) is 7.09. The minimum atomic E-state index is -0.785. The molecule has 5 nitrogen and oxygen atoms in total. The molecule has 1 heterocycles. The van der Waals surface area contributed by atoms with Crippen molar-refractivity contribution in [2.24, 2.45) is 0 Å². The summed E-state index contributed by atoms with van der Waals surface area (Å²) in [6.45, 7) is 0. The zero-order chi connectivity index (χ0) is 16.1. The number of hydrogen-bond acceptors (Lipinski definition) is 5. The van der Waals surface area contributed by atoms with Crippen molar-refractivity contribution in [3.8, 4) is 11.3 Å². The van der Waals surface area contributed by atoms with Crippen LogP contribution in [0.4, 0.5) is 0 Å². The molecule has 2 aromatic rings. The summed E-state index contributed by atoms with van der Waals surface area (Å²) < 4.78 is 15.7. The van der Waals surface area contributed by atoms with Crippen molar-refractivity contribution in [1.82, 2.24) is 0 Å². The highest BCUT2D eigenvalue weighted by Gasteiger charge is 2.20. The van der Waals surface area contributed by atoms with Gasteiger partial charge in [0.05, 0.1) is 14.2 Å². The summed E-state index contributed by atoms with van der Waals surface area (Å²) in [6, 6.07) is 11.0. The lowest BCUT2D eigenvalue weighted by atomic mass is 10.2. The smallest absolute Gasteiger partial charge is 0.345 e. The van der Waals surface area contributed by atoms with Crippen LogP contribution in [0.5, 0.6) is 0 Å². The van der Waals surface area contributed by atoms with E-state index in [1.165, 1.54) is 20.3 Å². The average Bonchev–Trinajstić information content (AvgIpc) is 3.00. The fraction of sp³-hybridized carbons (Fsp3) is 0.125. The second-order valence-electron chi connectivity index (χ2n) is 4.25. The molecule has 0 aliphatic heterocycles. The van der Waals surface area contributed by atoms with E-state index in [-0.39, 0.29) is 5.57 Å². The maximum atomic E-state index is 11.6. The van der Waals surface area contributed by atoms with Gasteiger partial charge in [-0.15, -0.1) is 0 Å². The zero-order valence-corrected chi connectivity index (χ0v) is 13.5. The molecule has 0 atom stereocenters. The molecule has 1 aromatic carbocycles. The molecule has 0 radical (unpaired) electrons. The first-order chi connectivity index (χ1) is 10.5. The molecule has 0 fully saturated rings. The maximum Gasteiger partial charge on any atom is 0.345 e. The number of rotatable bonds is 4. The highest BCUT2D eigenvalue weighted by atomic mass is 79.9. The van der Waals surface area contributed by atoms with Gasteiger partial charge < -0.3 is 13.9 Å². The van der Waals surface area contributed by atoms with Crippen LogP contribution in [0.25, 0.3) is 17.4 Å². The molecular weight excluding hydrogens is 352 g/mol. The first-order valence-electron chi connectivity index (χ1n) is 6.29. The van der Waals surface area contributed by atoms with Crippen LogP contribution < -0.4 is 0 Å². The number of carbonyl (C=O) groups is 2. The summed E-state index contributed by atoms with van der Waals surface area (Å²) >= 11 is 3.39. The van der Waals surface area contributed by atoms with Crippen LogP contribution in [0, 0.1) is 0 Å².